The normalized spacial score (nSPS) is 18.1. The van der Waals surface area contributed by atoms with Gasteiger partial charge in [0.25, 0.3) is 5.91 Å². The number of thiophene rings is 1. The van der Waals surface area contributed by atoms with Gasteiger partial charge >= 0.3 is 0 Å². The van der Waals surface area contributed by atoms with Crippen LogP contribution in [0.5, 0.6) is 11.5 Å². The summed E-state index contributed by atoms with van der Waals surface area (Å²) in [6.45, 7) is 2.50. The Balaban J connectivity index is 1.53. The Morgan fingerprint density at radius 1 is 1.31 bits per heavy atom. The van der Waals surface area contributed by atoms with Crippen LogP contribution >= 0.6 is 22.7 Å². The van der Waals surface area contributed by atoms with Crippen LogP contribution in [0.4, 0.5) is 10.1 Å². The fourth-order valence-corrected chi connectivity index (χ4v) is 5.93. The van der Waals surface area contributed by atoms with Crippen molar-refractivity contribution in [3.63, 3.8) is 0 Å². The molecule has 1 aliphatic carbocycles. The molecule has 1 atom stereocenters. The summed E-state index contributed by atoms with van der Waals surface area (Å²) in [6, 6.07) is 3.83. The summed E-state index contributed by atoms with van der Waals surface area (Å²) >= 11 is 3.15. The number of hydrogen-bond donors (Lipinski definition) is 2. The summed E-state index contributed by atoms with van der Waals surface area (Å²) < 4.78 is 11.8. The second kappa shape index (κ2) is 5.85. The van der Waals surface area contributed by atoms with Gasteiger partial charge in [0.2, 0.25) is 6.79 Å². The van der Waals surface area contributed by atoms with Crippen LogP contribution in [0, 0.1) is 5.92 Å². The minimum atomic E-state index is -0.374. The Morgan fingerprint density at radius 2 is 2.12 bits per heavy atom. The van der Waals surface area contributed by atoms with E-state index in [1.54, 1.807) is 11.3 Å². The molecule has 5 rings (SSSR count). The third-order valence-corrected chi connectivity index (χ3v) is 6.96. The Bertz CT molecular complexity index is 999. The van der Waals surface area contributed by atoms with E-state index in [1.165, 1.54) is 16.2 Å². The average molecular weight is 387 g/mol. The Morgan fingerprint density at radius 3 is 2.92 bits per heavy atom. The van der Waals surface area contributed by atoms with E-state index < -0.39 is 0 Å². The van der Waals surface area contributed by atoms with Crippen LogP contribution in [0.3, 0.4) is 0 Å². The number of ether oxygens (including phenoxy) is 2. The zero-order chi connectivity index (χ0) is 17.8. The number of benzene rings is 1. The van der Waals surface area contributed by atoms with E-state index in [-0.39, 0.29) is 12.7 Å². The smallest absolute Gasteiger partial charge is 0.251 e. The van der Waals surface area contributed by atoms with Gasteiger partial charge in [-0.3, -0.25) is 4.79 Å². The lowest BCUT2D eigenvalue weighted by Crippen LogP contribution is -2.17. The molecule has 1 amide bonds. The highest BCUT2D eigenvalue weighted by Gasteiger charge is 2.27. The van der Waals surface area contributed by atoms with E-state index in [1.807, 2.05) is 12.1 Å². The maximum absolute atomic E-state index is 12.1. The molecule has 1 unspecified atom stereocenters. The van der Waals surface area contributed by atoms with Crippen LogP contribution < -0.4 is 20.5 Å². The van der Waals surface area contributed by atoms with E-state index in [2.05, 4.69) is 17.2 Å². The van der Waals surface area contributed by atoms with Crippen molar-refractivity contribution in [2.24, 2.45) is 11.7 Å². The first-order valence-electron chi connectivity index (χ1n) is 8.50. The highest BCUT2D eigenvalue weighted by Crippen LogP contribution is 2.43. The predicted octanol–water partition coefficient (Wildman–Crippen LogP) is 4.05. The van der Waals surface area contributed by atoms with Gasteiger partial charge in [-0.2, -0.15) is 0 Å². The average Bonchev–Trinajstić information content (AvgIpc) is 3.27. The molecule has 1 aromatic carbocycles. The highest BCUT2D eigenvalue weighted by molar-refractivity contribution is 7.23. The van der Waals surface area contributed by atoms with Crippen molar-refractivity contribution < 1.29 is 14.3 Å². The second-order valence-electron chi connectivity index (χ2n) is 6.74. The maximum atomic E-state index is 12.1. The second-order valence-corrected chi connectivity index (χ2v) is 8.87. The molecule has 0 fully saturated rings. The fraction of sp³-hybridized carbons (Fsp3) is 0.333. The van der Waals surface area contributed by atoms with Crippen LogP contribution in [0.1, 0.15) is 34.1 Å². The van der Waals surface area contributed by atoms with E-state index in [9.17, 15) is 4.79 Å². The quantitative estimate of drug-likeness (QED) is 0.708. The first-order valence-corrected chi connectivity index (χ1v) is 10.1. The zero-order valence-corrected chi connectivity index (χ0v) is 15.8. The number of rotatable bonds is 3. The summed E-state index contributed by atoms with van der Waals surface area (Å²) in [5.74, 6) is 1.72. The number of fused-ring (bicyclic) bond motifs is 3. The van der Waals surface area contributed by atoms with Crippen molar-refractivity contribution in [1.82, 2.24) is 4.98 Å². The molecule has 6 nitrogen and oxygen atoms in total. The molecule has 3 N–H and O–H groups in total. The van der Waals surface area contributed by atoms with Gasteiger partial charge < -0.3 is 20.5 Å². The molecule has 0 radical (unpaired) electrons. The van der Waals surface area contributed by atoms with Gasteiger partial charge in [-0.15, -0.1) is 11.3 Å². The number of thiazole rings is 1. The van der Waals surface area contributed by atoms with Crippen LogP contribution in [0.15, 0.2) is 12.1 Å². The molecule has 2 aliphatic rings. The highest BCUT2D eigenvalue weighted by atomic mass is 32.1. The SMILES string of the molecule is CC1CCc2c(sc(Nc3nc4cc5c(cc4s3)OCO5)c2C(N)=O)C1. The minimum absolute atomic E-state index is 0.249. The van der Waals surface area contributed by atoms with Crippen LogP contribution in [-0.2, 0) is 12.8 Å². The molecule has 0 spiro atoms. The molecule has 0 bridgehead atoms. The third-order valence-electron chi connectivity index (χ3n) is 4.86. The molecule has 3 aromatic rings. The van der Waals surface area contributed by atoms with E-state index in [4.69, 9.17) is 15.2 Å². The lowest BCUT2D eigenvalue weighted by atomic mass is 9.88. The topological polar surface area (TPSA) is 86.5 Å². The number of primary amides is 1. The minimum Gasteiger partial charge on any atom is -0.454 e. The van der Waals surface area contributed by atoms with Gasteiger partial charge in [-0.25, -0.2) is 4.98 Å². The molecular weight excluding hydrogens is 370 g/mol. The van der Waals surface area contributed by atoms with Crippen LogP contribution in [-0.4, -0.2) is 17.7 Å². The molecule has 1 aliphatic heterocycles. The summed E-state index contributed by atoms with van der Waals surface area (Å²) in [4.78, 5) is 18.0. The number of nitrogens with one attached hydrogen (secondary N) is 1. The monoisotopic (exact) mass is 387 g/mol. The number of aromatic nitrogens is 1. The number of carbonyl (C=O) groups is 1. The van der Waals surface area contributed by atoms with Gasteiger partial charge in [0.05, 0.1) is 15.8 Å². The Labute approximate surface area is 157 Å². The molecule has 26 heavy (non-hydrogen) atoms. The van der Waals surface area contributed by atoms with Gasteiger partial charge in [-0.1, -0.05) is 18.3 Å². The van der Waals surface area contributed by atoms with Gasteiger partial charge in [0.1, 0.15) is 5.00 Å². The van der Waals surface area contributed by atoms with E-state index >= 15 is 0 Å². The first kappa shape index (κ1) is 15.9. The predicted molar refractivity (Wildman–Crippen MR) is 103 cm³/mol. The number of nitrogens with zero attached hydrogens (tertiary/aromatic N) is 1. The van der Waals surface area contributed by atoms with Crippen molar-refractivity contribution in [2.75, 3.05) is 12.1 Å². The fourth-order valence-electron chi connectivity index (χ4n) is 3.57. The molecule has 0 saturated heterocycles. The largest absolute Gasteiger partial charge is 0.454 e. The summed E-state index contributed by atoms with van der Waals surface area (Å²) in [6.07, 6.45) is 3.01. The number of anilines is 2. The molecule has 3 heterocycles. The Hall–Kier alpha value is -2.32. The lowest BCUT2D eigenvalue weighted by molar-refractivity contribution is 0.1000. The summed E-state index contributed by atoms with van der Waals surface area (Å²) in [5, 5.41) is 4.87. The third kappa shape index (κ3) is 2.52. The van der Waals surface area contributed by atoms with Gasteiger partial charge in [0.15, 0.2) is 16.6 Å². The number of carbonyl (C=O) groups excluding carboxylic acids is 1. The zero-order valence-electron chi connectivity index (χ0n) is 14.1. The number of hydrogen-bond acceptors (Lipinski definition) is 7. The standard InChI is InChI=1S/C18H17N3O3S2/c1-8-2-3-9-13(4-8)25-17(15(9)16(19)22)21-18-20-10-5-11-12(24-7-23-11)6-14(10)26-18/h5-6,8H,2-4,7H2,1H3,(H2,19,22)(H,20,21). The van der Waals surface area contributed by atoms with E-state index in [0.717, 1.165) is 50.9 Å². The molecule has 134 valence electrons. The van der Waals surface area contributed by atoms with Crippen molar-refractivity contribution in [3.05, 3.63) is 28.1 Å². The molecular formula is C18H17N3O3S2. The van der Waals surface area contributed by atoms with Crippen LogP contribution in [0.2, 0.25) is 0 Å². The van der Waals surface area contributed by atoms with Gasteiger partial charge in [-0.05, 0) is 30.7 Å². The van der Waals surface area contributed by atoms with Crippen molar-refractivity contribution >= 4 is 48.9 Å². The van der Waals surface area contributed by atoms with E-state index in [0.29, 0.717) is 17.2 Å². The van der Waals surface area contributed by atoms with Crippen molar-refractivity contribution in [1.29, 1.82) is 0 Å². The first-order chi connectivity index (χ1) is 12.6. The van der Waals surface area contributed by atoms with Gasteiger partial charge in [0, 0.05) is 17.0 Å². The molecule has 2 aromatic heterocycles. The summed E-state index contributed by atoms with van der Waals surface area (Å²) in [5.41, 5.74) is 8.28. The summed E-state index contributed by atoms with van der Waals surface area (Å²) in [7, 11) is 0. The lowest BCUT2D eigenvalue weighted by Gasteiger charge is -2.18. The van der Waals surface area contributed by atoms with Crippen molar-refractivity contribution in [3.8, 4) is 11.5 Å². The Kier molecular flexibility index (Phi) is 3.58. The maximum Gasteiger partial charge on any atom is 0.251 e. The number of nitrogens with two attached hydrogens (primary N) is 1. The van der Waals surface area contributed by atoms with Crippen LogP contribution in [0.25, 0.3) is 10.2 Å². The van der Waals surface area contributed by atoms with Crippen molar-refractivity contribution in [2.45, 2.75) is 26.2 Å². The molecule has 8 heteroatoms. The number of amides is 1. The molecule has 0 saturated carbocycles.